The third kappa shape index (κ3) is 3.13. The second-order valence-electron chi connectivity index (χ2n) is 5.41. The molecular formula is C16H17N5O2. The fourth-order valence-corrected chi connectivity index (χ4v) is 2.52. The number of H-pyrrole nitrogens is 2. The number of aromatic amines is 2. The van der Waals surface area contributed by atoms with Gasteiger partial charge in [0.1, 0.15) is 5.82 Å². The van der Waals surface area contributed by atoms with Crippen LogP contribution in [0.5, 0.6) is 0 Å². The molecule has 0 aliphatic rings. The number of carbonyl (C=O) groups is 1. The zero-order valence-electron chi connectivity index (χ0n) is 12.9. The van der Waals surface area contributed by atoms with Crippen molar-refractivity contribution in [3.8, 4) is 0 Å². The summed E-state index contributed by atoms with van der Waals surface area (Å²) in [6, 6.07) is 7.58. The monoisotopic (exact) mass is 311 g/mol. The molecule has 1 aromatic carbocycles. The lowest BCUT2D eigenvalue weighted by Crippen LogP contribution is -2.26. The predicted molar refractivity (Wildman–Crippen MR) is 86.5 cm³/mol. The van der Waals surface area contributed by atoms with Crippen LogP contribution < -0.4 is 11.0 Å². The molecule has 3 rings (SSSR count). The van der Waals surface area contributed by atoms with Gasteiger partial charge in [0.05, 0.1) is 11.1 Å². The molecule has 0 unspecified atom stereocenters. The summed E-state index contributed by atoms with van der Waals surface area (Å²) in [4.78, 5) is 30.5. The molecule has 2 aromatic heterocycles. The first kappa shape index (κ1) is 15.0. The van der Waals surface area contributed by atoms with E-state index in [-0.39, 0.29) is 11.6 Å². The molecule has 0 radical (unpaired) electrons. The Bertz CT molecular complexity index is 926. The number of pyridine rings is 1. The van der Waals surface area contributed by atoms with Crippen LogP contribution in [0, 0.1) is 13.8 Å². The number of amides is 1. The third-order valence-corrected chi connectivity index (χ3v) is 3.61. The van der Waals surface area contributed by atoms with Gasteiger partial charge in [-0.3, -0.25) is 14.8 Å². The van der Waals surface area contributed by atoms with E-state index < -0.39 is 0 Å². The minimum absolute atomic E-state index is 0.163. The third-order valence-electron chi connectivity index (χ3n) is 3.61. The molecular weight excluding hydrogens is 294 g/mol. The highest BCUT2D eigenvalue weighted by molar-refractivity contribution is 6.06. The summed E-state index contributed by atoms with van der Waals surface area (Å²) in [5, 5.41) is 9.79. The van der Waals surface area contributed by atoms with Crippen LogP contribution in [0.25, 0.3) is 10.9 Å². The van der Waals surface area contributed by atoms with Crippen molar-refractivity contribution in [3.05, 3.63) is 57.4 Å². The average Bonchev–Trinajstić information content (AvgIpc) is 2.93. The van der Waals surface area contributed by atoms with Crippen molar-refractivity contribution in [2.75, 3.05) is 6.54 Å². The number of carbonyl (C=O) groups excluding carboxylic acids is 1. The molecule has 0 atom stereocenters. The molecule has 118 valence electrons. The molecule has 3 N–H and O–H groups in total. The van der Waals surface area contributed by atoms with Crippen molar-refractivity contribution >= 4 is 16.8 Å². The number of para-hydroxylation sites is 1. The minimum atomic E-state index is -0.349. The smallest absolute Gasteiger partial charge is 0.340 e. The first-order valence-electron chi connectivity index (χ1n) is 7.33. The summed E-state index contributed by atoms with van der Waals surface area (Å²) >= 11 is 0. The summed E-state index contributed by atoms with van der Waals surface area (Å²) in [6.07, 6.45) is 0.450. The number of hydrogen-bond acceptors (Lipinski definition) is 4. The zero-order chi connectivity index (χ0) is 16.4. The van der Waals surface area contributed by atoms with E-state index in [0.717, 1.165) is 22.2 Å². The molecule has 0 fully saturated rings. The number of nitrogens with zero attached hydrogens (tertiary/aromatic N) is 2. The van der Waals surface area contributed by atoms with Gasteiger partial charge in [-0.15, -0.1) is 0 Å². The Kier molecular flexibility index (Phi) is 3.92. The van der Waals surface area contributed by atoms with Crippen LogP contribution in [0.3, 0.4) is 0 Å². The average molecular weight is 311 g/mol. The Morgan fingerprint density at radius 3 is 2.87 bits per heavy atom. The topological polar surface area (TPSA) is 104 Å². The molecule has 0 saturated heterocycles. The second kappa shape index (κ2) is 6.04. The standard InChI is InChI=1S/C16H17N5O2/c1-9-4-3-5-11-12(8-10(2)18-14(9)11)15(22)17-7-6-13-19-16(23)21-20-13/h3-5,8H,6-7H2,1-2H3,(H,17,22)(H2,19,20,21,23). The molecule has 0 spiro atoms. The zero-order valence-corrected chi connectivity index (χ0v) is 12.9. The first-order chi connectivity index (χ1) is 11.0. The number of hydrogen-bond donors (Lipinski definition) is 3. The maximum absolute atomic E-state index is 12.5. The van der Waals surface area contributed by atoms with Gasteiger partial charge >= 0.3 is 5.69 Å². The molecule has 0 saturated carbocycles. The van der Waals surface area contributed by atoms with Crippen LogP contribution in [0.4, 0.5) is 0 Å². The van der Waals surface area contributed by atoms with Gasteiger partial charge in [-0.05, 0) is 25.5 Å². The van der Waals surface area contributed by atoms with Crippen molar-refractivity contribution < 1.29 is 4.79 Å². The molecule has 0 aliphatic carbocycles. The normalized spacial score (nSPS) is 10.9. The lowest BCUT2D eigenvalue weighted by molar-refractivity contribution is 0.0955. The molecule has 0 bridgehead atoms. The highest BCUT2D eigenvalue weighted by atomic mass is 16.2. The summed E-state index contributed by atoms with van der Waals surface area (Å²) in [6.45, 7) is 4.23. The van der Waals surface area contributed by atoms with Gasteiger partial charge in [-0.1, -0.05) is 18.2 Å². The quantitative estimate of drug-likeness (QED) is 0.674. The summed E-state index contributed by atoms with van der Waals surface area (Å²) in [7, 11) is 0. The molecule has 0 aliphatic heterocycles. The molecule has 2 heterocycles. The number of rotatable bonds is 4. The highest BCUT2D eigenvalue weighted by Gasteiger charge is 2.13. The van der Waals surface area contributed by atoms with E-state index in [0.29, 0.717) is 24.4 Å². The first-order valence-corrected chi connectivity index (χ1v) is 7.33. The Labute approximate surface area is 132 Å². The van der Waals surface area contributed by atoms with E-state index in [1.165, 1.54) is 0 Å². The van der Waals surface area contributed by atoms with Gasteiger partial charge in [0.15, 0.2) is 0 Å². The maximum Gasteiger partial charge on any atom is 0.340 e. The van der Waals surface area contributed by atoms with E-state index in [9.17, 15) is 9.59 Å². The van der Waals surface area contributed by atoms with Crippen LogP contribution >= 0.6 is 0 Å². The van der Waals surface area contributed by atoms with Crippen molar-refractivity contribution in [1.82, 2.24) is 25.5 Å². The van der Waals surface area contributed by atoms with Crippen LogP contribution in [0.15, 0.2) is 29.1 Å². The number of fused-ring (bicyclic) bond motifs is 1. The van der Waals surface area contributed by atoms with Crippen molar-refractivity contribution in [2.24, 2.45) is 0 Å². The van der Waals surface area contributed by atoms with Crippen LogP contribution in [-0.4, -0.2) is 32.6 Å². The van der Waals surface area contributed by atoms with Crippen molar-refractivity contribution in [1.29, 1.82) is 0 Å². The van der Waals surface area contributed by atoms with E-state index in [1.54, 1.807) is 6.07 Å². The van der Waals surface area contributed by atoms with E-state index in [4.69, 9.17) is 0 Å². The number of benzene rings is 1. The molecule has 23 heavy (non-hydrogen) atoms. The number of nitrogens with one attached hydrogen (secondary N) is 3. The van der Waals surface area contributed by atoms with Crippen LogP contribution in [0.1, 0.15) is 27.4 Å². The lowest BCUT2D eigenvalue weighted by atomic mass is 10.0. The SMILES string of the molecule is Cc1cc(C(=O)NCCc2n[nH]c(=O)[nH]2)c2cccc(C)c2n1. The number of aromatic nitrogens is 4. The largest absolute Gasteiger partial charge is 0.352 e. The van der Waals surface area contributed by atoms with Gasteiger partial charge in [-0.2, -0.15) is 5.10 Å². The minimum Gasteiger partial charge on any atom is -0.352 e. The summed E-state index contributed by atoms with van der Waals surface area (Å²) in [5.41, 5.74) is 2.93. The van der Waals surface area contributed by atoms with Crippen LogP contribution in [0.2, 0.25) is 0 Å². The predicted octanol–water partition coefficient (Wildman–Crippen LogP) is 1.24. The summed E-state index contributed by atoms with van der Waals surface area (Å²) < 4.78 is 0. The van der Waals surface area contributed by atoms with Gasteiger partial charge in [0, 0.05) is 24.0 Å². The Hall–Kier alpha value is -2.96. The van der Waals surface area contributed by atoms with Gasteiger partial charge in [-0.25, -0.2) is 9.89 Å². The Morgan fingerprint density at radius 1 is 1.30 bits per heavy atom. The van der Waals surface area contributed by atoms with Gasteiger partial charge in [0.25, 0.3) is 5.91 Å². The highest BCUT2D eigenvalue weighted by Crippen LogP contribution is 2.21. The van der Waals surface area contributed by atoms with E-state index >= 15 is 0 Å². The van der Waals surface area contributed by atoms with Gasteiger partial charge < -0.3 is 5.32 Å². The fraction of sp³-hybridized carbons (Fsp3) is 0.250. The van der Waals surface area contributed by atoms with Crippen molar-refractivity contribution in [3.63, 3.8) is 0 Å². The molecule has 3 aromatic rings. The second-order valence-corrected chi connectivity index (χ2v) is 5.41. The summed E-state index contributed by atoms with van der Waals surface area (Å²) in [5.74, 6) is 0.353. The van der Waals surface area contributed by atoms with Crippen molar-refractivity contribution in [2.45, 2.75) is 20.3 Å². The van der Waals surface area contributed by atoms with Crippen LogP contribution in [-0.2, 0) is 6.42 Å². The van der Waals surface area contributed by atoms with Gasteiger partial charge in [0.2, 0.25) is 0 Å². The van der Waals surface area contributed by atoms with E-state index in [2.05, 4.69) is 25.5 Å². The Balaban J connectivity index is 1.80. The lowest BCUT2D eigenvalue weighted by Gasteiger charge is -2.10. The molecule has 1 amide bonds. The van der Waals surface area contributed by atoms with E-state index in [1.807, 2.05) is 32.0 Å². The Morgan fingerprint density at radius 2 is 2.13 bits per heavy atom. The molecule has 7 heteroatoms. The molecule has 7 nitrogen and oxygen atoms in total. The fourth-order valence-electron chi connectivity index (χ4n) is 2.52. The number of aryl methyl sites for hydroxylation is 2. The maximum atomic E-state index is 12.5.